The van der Waals surface area contributed by atoms with E-state index < -0.39 is 5.97 Å². The second-order valence-corrected chi connectivity index (χ2v) is 3.10. The number of alkyl halides is 1. The molecule has 0 aliphatic carbocycles. The number of carboxylic acid groups (broad SMARTS) is 1. The van der Waals surface area contributed by atoms with Crippen LogP contribution in [-0.4, -0.2) is 21.4 Å². The fourth-order valence-electron chi connectivity index (χ4n) is 0.893. The van der Waals surface area contributed by atoms with Gasteiger partial charge >= 0.3 is 5.97 Å². The van der Waals surface area contributed by atoms with Gasteiger partial charge in [-0.1, -0.05) is 27.8 Å². The molecule has 1 rings (SSSR count). The molecule has 0 aliphatic heterocycles. The van der Waals surface area contributed by atoms with Crippen molar-refractivity contribution in [2.75, 3.05) is 5.33 Å². The first-order chi connectivity index (χ1) is 6.72. The summed E-state index contributed by atoms with van der Waals surface area (Å²) in [5, 5.41) is 9.12. The average Bonchev–Trinajstić information content (AvgIpc) is 2.16. The molecule has 3 nitrogen and oxygen atoms in total. The molecule has 0 fully saturated rings. The summed E-state index contributed by atoms with van der Waals surface area (Å²) in [6.07, 6.45) is 1.53. The SMILES string of the molecule is O=C(O)Cc1ccc(C#CCBr)cn1. The van der Waals surface area contributed by atoms with E-state index in [2.05, 4.69) is 32.8 Å². The van der Waals surface area contributed by atoms with E-state index in [1.807, 2.05) is 0 Å². The van der Waals surface area contributed by atoms with Crippen molar-refractivity contribution in [1.82, 2.24) is 4.98 Å². The van der Waals surface area contributed by atoms with Gasteiger partial charge in [-0.15, -0.1) is 0 Å². The Morgan fingerprint density at radius 2 is 2.36 bits per heavy atom. The van der Waals surface area contributed by atoms with Crippen LogP contribution in [0.2, 0.25) is 0 Å². The molecule has 0 bridgehead atoms. The number of aromatic nitrogens is 1. The van der Waals surface area contributed by atoms with Crippen LogP contribution >= 0.6 is 15.9 Å². The second kappa shape index (κ2) is 5.40. The van der Waals surface area contributed by atoms with Crippen LogP contribution < -0.4 is 0 Å². The van der Waals surface area contributed by atoms with E-state index in [1.165, 1.54) is 0 Å². The van der Waals surface area contributed by atoms with Crippen LogP contribution in [0.4, 0.5) is 0 Å². The summed E-state index contributed by atoms with van der Waals surface area (Å²) < 4.78 is 0. The molecule has 0 unspecified atom stereocenters. The van der Waals surface area contributed by atoms with Crippen molar-refractivity contribution in [2.24, 2.45) is 0 Å². The van der Waals surface area contributed by atoms with E-state index in [4.69, 9.17) is 5.11 Å². The van der Waals surface area contributed by atoms with Crippen LogP contribution in [-0.2, 0) is 11.2 Å². The second-order valence-electron chi connectivity index (χ2n) is 2.54. The number of hydrogen-bond donors (Lipinski definition) is 1. The van der Waals surface area contributed by atoms with Gasteiger partial charge in [0.15, 0.2) is 0 Å². The lowest BCUT2D eigenvalue weighted by Gasteiger charge is -1.95. The number of carbonyl (C=O) groups is 1. The summed E-state index contributed by atoms with van der Waals surface area (Å²) in [6, 6.07) is 3.44. The lowest BCUT2D eigenvalue weighted by molar-refractivity contribution is -0.136. The highest BCUT2D eigenvalue weighted by atomic mass is 79.9. The third-order valence-electron chi connectivity index (χ3n) is 1.46. The molecule has 1 aromatic heterocycles. The summed E-state index contributed by atoms with van der Waals surface area (Å²) in [7, 11) is 0. The number of rotatable bonds is 2. The van der Waals surface area contributed by atoms with E-state index in [-0.39, 0.29) is 6.42 Å². The van der Waals surface area contributed by atoms with E-state index in [1.54, 1.807) is 18.3 Å². The van der Waals surface area contributed by atoms with Crippen molar-refractivity contribution < 1.29 is 9.90 Å². The molecule has 0 aromatic carbocycles. The number of carboxylic acids is 1. The Labute approximate surface area is 90.3 Å². The van der Waals surface area contributed by atoms with Crippen molar-refractivity contribution >= 4 is 21.9 Å². The lowest BCUT2D eigenvalue weighted by atomic mass is 10.2. The van der Waals surface area contributed by atoms with Gasteiger partial charge in [-0.25, -0.2) is 0 Å². The fraction of sp³-hybridized carbons (Fsp3) is 0.200. The van der Waals surface area contributed by atoms with Gasteiger partial charge in [0.1, 0.15) is 0 Å². The van der Waals surface area contributed by atoms with Crippen LogP contribution in [0.1, 0.15) is 11.3 Å². The smallest absolute Gasteiger partial charge is 0.309 e. The van der Waals surface area contributed by atoms with Gasteiger partial charge in [-0.3, -0.25) is 9.78 Å². The first-order valence-corrected chi connectivity index (χ1v) is 5.06. The van der Waals surface area contributed by atoms with Crippen LogP contribution in [0.15, 0.2) is 18.3 Å². The molecule has 0 saturated carbocycles. The van der Waals surface area contributed by atoms with Gasteiger partial charge in [-0.2, -0.15) is 0 Å². The maximum atomic E-state index is 10.4. The highest BCUT2D eigenvalue weighted by molar-refractivity contribution is 9.09. The Hall–Kier alpha value is -1.34. The van der Waals surface area contributed by atoms with Gasteiger partial charge in [0.2, 0.25) is 0 Å². The Morgan fingerprint density at radius 3 is 2.86 bits per heavy atom. The minimum atomic E-state index is -0.878. The monoisotopic (exact) mass is 253 g/mol. The normalized spacial score (nSPS) is 8.93. The molecule has 1 heterocycles. The minimum Gasteiger partial charge on any atom is -0.481 e. The zero-order chi connectivity index (χ0) is 10.4. The standard InChI is InChI=1S/C10H8BrNO2/c11-5-1-2-8-3-4-9(12-7-8)6-10(13)14/h3-4,7H,5-6H2,(H,13,14). The first-order valence-electron chi connectivity index (χ1n) is 3.94. The highest BCUT2D eigenvalue weighted by Crippen LogP contribution is 1.99. The Balaban J connectivity index is 2.73. The molecule has 14 heavy (non-hydrogen) atoms. The largest absolute Gasteiger partial charge is 0.481 e. The Kier molecular flexibility index (Phi) is 4.14. The van der Waals surface area contributed by atoms with Crippen LogP contribution in [0.5, 0.6) is 0 Å². The van der Waals surface area contributed by atoms with Gasteiger partial charge in [0.25, 0.3) is 0 Å². The summed E-state index contributed by atoms with van der Waals surface area (Å²) in [6.45, 7) is 0. The summed E-state index contributed by atoms with van der Waals surface area (Å²) in [4.78, 5) is 14.3. The number of hydrogen-bond acceptors (Lipinski definition) is 2. The van der Waals surface area contributed by atoms with Crippen molar-refractivity contribution in [3.8, 4) is 11.8 Å². The quantitative estimate of drug-likeness (QED) is 0.642. The van der Waals surface area contributed by atoms with Gasteiger partial charge in [0, 0.05) is 11.8 Å². The predicted octanol–water partition coefficient (Wildman–Crippen LogP) is 1.46. The van der Waals surface area contributed by atoms with E-state index in [9.17, 15) is 4.79 Å². The van der Waals surface area contributed by atoms with Crippen molar-refractivity contribution in [3.63, 3.8) is 0 Å². The first kappa shape index (κ1) is 10.7. The molecule has 0 aliphatic rings. The van der Waals surface area contributed by atoms with Crippen LogP contribution in [0.25, 0.3) is 0 Å². The molecular formula is C10H8BrNO2. The third kappa shape index (κ3) is 3.58. The molecule has 0 amide bonds. The van der Waals surface area contributed by atoms with Gasteiger partial charge in [0.05, 0.1) is 17.4 Å². The van der Waals surface area contributed by atoms with Gasteiger partial charge < -0.3 is 5.11 Å². The lowest BCUT2D eigenvalue weighted by Crippen LogP contribution is -2.01. The molecule has 0 atom stereocenters. The minimum absolute atomic E-state index is 0.0495. The molecular weight excluding hydrogens is 246 g/mol. The van der Waals surface area contributed by atoms with Crippen molar-refractivity contribution in [2.45, 2.75) is 6.42 Å². The maximum Gasteiger partial charge on any atom is 0.309 e. The van der Waals surface area contributed by atoms with E-state index in [0.29, 0.717) is 11.0 Å². The van der Waals surface area contributed by atoms with Gasteiger partial charge in [-0.05, 0) is 12.1 Å². The summed E-state index contributed by atoms with van der Waals surface area (Å²) >= 11 is 3.18. The summed E-state index contributed by atoms with van der Waals surface area (Å²) in [5.74, 6) is 4.83. The molecule has 0 radical (unpaired) electrons. The molecule has 1 aromatic rings. The number of pyridine rings is 1. The Morgan fingerprint density at radius 1 is 1.57 bits per heavy atom. The highest BCUT2D eigenvalue weighted by Gasteiger charge is 2.00. The zero-order valence-electron chi connectivity index (χ0n) is 7.33. The predicted molar refractivity (Wildman–Crippen MR) is 56.2 cm³/mol. The number of aliphatic carboxylic acids is 1. The number of nitrogens with zero attached hydrogens (tertiary/aromatic N) is 1. The van der Waals surface area contributed by atoms with Crippen LogP contribution in [0, 0.1) is 11.8 Å². The fourth-order valence-corrected chi connectivity index (χ4v) is 1.03. The third-order valence-corrected chi connectivity index (χ3v) is 1.74. The average molecular weight is 254 g/mol. The molecule has 0 spiro atoms. The van der Waals surface area contributed by atoms with E-state index in [0.717, 1.165) is 5.56 Å². The zero-order valence-corrected chi connectivity index (χ0v) is 8.91. The van der Waals surface area contributed by atoms with Crippen LogP contribution in [0.3, 0.4) is 0 Å². The maximum absolute atomic E-state index is 10.4. The molecule has 72 valence electrons. The van der Waals surface area contributed by atoms with E-state index >= 15 is 0 Å². The Bertz CT molecular complexity index is 375. The number of halogens is 1. The molecule has 4 heteroatoms. The van der Waals surface area contributed by atoms with Crippen molar-refractivity contribution in [3.05, 3.63) is 29.6 Å². The topological polar surface area (TPSA) is 50.2 Å². The summed E-state index contributed by atoms with van der Waals surface area (Å²) in [5.41, 5.74) is 1.33. The molecule has 1 N–H and O–H groups in total. The molecule has 0 saturated heterocycles. The van der Waals surface area contributed by atoms with Crippen molar-refractivity contribution in [1.29, 1.82) is 0 Å².